The van der Waals surface area contributed by atoms with Gasteiger partial charge in [0.15, 0.2) is 0 Å². The van der Waals surface area contributed by atoms with Gasteiger partial charge in [-0.15, -0.1) is 12.4 Å². The molecule has 1 aromatic carbocycles. The molecule has 10 heteroatoms. The van der Waals surface area contributed by atoms with E-state index < -0.39 is 14.9 Å². The van der Waals surface area contributed by atoms with Crippen LogP contribution in [0.15, 0.2) is 23.1 Å². The Balaban J connectivity index is 0.00000242. The molecule has 1 aromatic rings. The molecule has 124 valence electrons. The molecule has 22 heavy (non-hydrogen) atoms. The van der Waals surface area contributed by atoms with Crippen LogP contribution in [0.1, 0.15) is 6.42 Å². The lowest BCUT2D eigenvalue weighted by molar-refractivity contribution is -0.385. The first-order chi connectivity index (χ1) is 9.94. The zero-order chi connectivity index (χ0) is 15.5. The van der Waals surface area contributed by atoms with Gasteiger partial charge in [-0.3, -0.25) is 10.1 Å². The van der Waals surface area contributed by atoms with E-state index in [-0.39, 0.29) is 34.7 Å². The third-order valence-corrected chi connectivity index (χ3v) is 4.83. The van der Waals surface area contributed by atoms with E-state index in [1.54, 1.807) is 0 Å². The summed E-state index contributed by atoms with van der Waals surface area (Å²) < 4.78 is 32.0. The van der Waals surface area contributed by atoms with E-state index in [1.165, 1.54) is 13.2 Å². The van der Waals surface area contributed by atoms with Gasteiger partial charge in [0.1, 0.15) is 10.6 Å². The molecule has 2 N–H and O–H groups in total. The molecule has 1 unspecified atom stereocenters. The quantitative estimate of drug-likeness (QED) is 0.582. The van der Waals surface area contributed by atoms with Crippen LogP contribution < -0.4 is 14.8 Å². The summed E-state index contributed by atoms with van der Waals surface area (Å²) in [6.45, 7) is 1.99. The van der Waals surface area contributed by atoms with Crippen LogP contribution in [0.2, 0.25) is 0 Å². The third-order valence-electron chi connectivity index (χ3n) is 3.37. The molecular formula is C12H18ClN3O5S. The Morgan fingerprint density at radius 3 is 2.77 bits per heavy atom. The van der Waals surface area contributed by atoms with Crippen LogP contribution in [0.4, 0.5) is 5.69 Å². The predicted octanol–water partition coefficient (Wildman–Crippen LogP) is 0.913. The van der Waals surface area contributed by atoms with Gasteiger partial charge in [0, 0.05) is 12.6 Å². The van der Waals surface area contributed by atoms with Gasteiger partial charge in [-0.05, 0) is 31.5 Å². The first-order valence-electron chi connectivity index (χ1n) is 6.47. The Labute approximate surface area is 134 Å². The number of rotatable bonds is 6. The standard InChI is InChI=1S/C12H17N3O5S.ClH/c1-20-11-6-10(15(16)17)2-3-12(11)21(18,19)14-8-9-4-5-13-7-9;/h2-3,6,9,13-14H,4-5,7-8H2,1H3;1H. The van der Waals surface area contributed by atoms with Crippen molar-refractivity contribution in [1.29, 1.82) is 0 Å². The first kappa shape index (κ1) is 18.6. The first-order valence-corrected chi connectivity index (χ1v) is 7.95. The molecule has 0 bridgehead atoms. The zero-order valence-electron chi connectivity index (χ0n) is 11.9. The van der Waals surface area contributed by atoms with Crippen molar-refractivity contribution in [2.75, 3.05) is 26.7 Å². The van der Waals surface area contributed by atoms with Gasteiger partial charge in [-0.25, -0.2) is 13.1 Å². The van der Waals surface area contributed by atoms with Crippen molar-refractivity contribution < 1.29 is 18.1 Å². The van der Waals surface area contributed by atoms with Gasteiger partial charge in [0.2, 0.25) is 10.0 Å². The van der Waals surface area contributed by atoms with Crippen LogP contribution in [-0.2, 0) is 10.0 Å². The van der Waals surface area contributed by atoms with Crippen LogP contribution in [0.25, 0.3) is 0 Å². The van der Waals surface area contributed by atoms with Crippen LogP contribution in [0.5, 0.6) is 5.75 Å². The zero-order valence-corrected chi connectivity index (χ0v) is 13.6. The van der Waals surface area contributed by atoms with Gasteiger partial charge < -0.3 is 10.1 Å². The second-order valence-electron chi connectivity index (χ2n) is 4.80. The number of hydrogen-bond acceptors (Lipinski definition) is 6. The smallest absolute Gasteiger partial charge is 0.273 e. The second-order valence-corrected chi connectivity index (χ2v) is 6.54. The van der Waals surface area contributed by atoms with E-state index >= 15 is 0 Å². The number of nitrogens with zero attached hydrogens (tertiary/aromatic N) is 1. The van der Waals surface area contributed by atoms with E-state index in [4.69, 9.17) is 4.74 Å². The van der Waals surface area contributed by atoms with Crippen LogP contribution in [0.3, 0.4) is 0 Å². The number of sulfonamides is 1. The van der Waals surface area contributed by atoms with Crippen molar-refractivity contribution in [3.63, 3.8) is 0 Å². The summed E-state index contributed by atoms with van der Waals surface area (Å²) in [7, 11) is -2.48. The predicted molar refractivity (Wildman–Crippen MR) is 83.1 cm³/mol. The Morgan fingerprint density at radius 1 is 1.50 bits per heavy atom. The van der Waals surface area contributed by atoms with E-state index in [1.807, 2.05) is 0 Å². The summed E-state index contributed by atoms with van der Waals surface area (Å²) in [5.41, 5.74) is -0.217. The topological polar surface area (TPSA) is 111 Å². The lowest BCUT2D eigenvalue weighted by atomic mass is 10.1. The molecule has 1 saturated heterocycles. The monoisotopic (exact) mass is 351 g/mol. The summed E-state index contributed by atoms with van der Waals surface area (Å²) in [6, 6.07) is 3.44. The highest BCUT2D eigenvalue weighted by Crippen LogP contribution is 2.28. The van der Waals surface area contributed by atoms with Crippen molar-refractivity contribution >= 4 is 28.1 Å². The number of halogens is 1. The molecule has 0 spiro atoms. The van der Waals surface area contributed by atoms with Crippen molar-refractivity contribution in [2.24, 2.45) is 5.92 Å². The average Bonchev–Trinajstić information content (AvgIpc) is 2.97. The number of nitro benzene ring substituents is 1. The number of benzene rings is 1. The molecule has 1 fully saturated rings. The number of ether oxygens (including phenoxy) is 1. The highest BCUT2D eigenvalue weighted by molar-refractivity contribution is 7.89. The number of methoxy groups -OCH3 is 1. The summed E-state index contributed by atoms with van der Waals surface area (Å²) in [4.78, 5) is 10.0. The fourth-order valence-corrected chi connectivity index (χ4v) is 3.45. The second kappa shape index (κ2) is 7.73. The van der Waals surface area contributed by atoms with Gasteiger partial charge in [0.05, 0.1) is 18.1 Å². The third kappa shape index (κ3) is 4.29. The molecule has 1 aliphatic heterocycles. The minimum Gasteiger partial charge on any atom is -0.495 e. The normalized spacial score (nSPS) is 17.8. The molecule has 1 heterocycles. The van der Waals surface area contributed by atoms with Gasteiger partial charge in [0.25, 0.3) is 5.69 Å². The summed E-state index contributed by atoms with van der Waals surface area (Å²) in [5, 5.41) is 13.9. The molecular weight excluding hydrogens is 334 g/mol. The van der Waals surface area contributed by atoms with Gasteiger partial charge >= 0.3 is 0 Å². The lowest BCUT2D eigenvalue weighted by Crippen LogP contribution is -2.30. The average molecular weight is 352 g/mol. The number of non-ortho nitro benzene ring substituents is 1. The van der Waals surface area contributed by atoms with E-state index in [9.17, 15) is 18.5 Å². The van der Waals surface area contributed by atoms with Crippen LogP contribution in [0, 0.1) is 16.0 Å². The molecule has 2 rings (SSSR count). The fraction of sp³-hybridized carbons (Fsp3) is 0.500. The van der Waals surface area contributed by atoms with Gasteiger partial charge in [-0.2, -0.15) is 0 Å². The SMILES string of the molecule is COc1cc([N+](=O)[O-])ccc1S(=O)(=O)NCC1CCNC1.Cl. The summed E-state index contributed by atoms with van der Waals surface area (Å²) in [5.74, 6) is 0.213. The fourth-order valence-electron chi connectivity index (χ4n) is 2.19. The maximum atomic E-state index is 12.3. The van der Waals surface area contributed by atoms with Crippen molar-refractivity contribution in [2.45, 2.75) is 11.3 Å². The van der Waals surface area contributed by atoms with Crippen LogP contribution in [-0.4, -0.2) is 40.1 Å². The molecule has 1 atom stereocenters. The number of nitro groups is 1. The Hall–Kier alpha value is -1.42. The Morgan fingerprint density at radius 2 is 2.23 bits per heavy atom. The van der Waals surface area contributed by atoms with E-state index in [0.29, 0.717) is 6.54 Å². The highest BCUT2D eigenvalue weighted by Gasteiger charge is 2.24. The number of nitrogens with one attached hydrogen (secondary N) is 2. The lowest BCUT2D eigenvalue weighted by Gasteiger charge is -2.13. The minimum atomic E-state index is -3.76. The molecule has 0 aromatic heterocycles. The Bertz CT molecular complexity index is 632. The highest BCUT2D eigenvalue weighted by atomic mass is 35.5. The van der Waals surface area contributed by atoms with Crippen LogP contribution >= 0.6 is 12.4 Å². The van der Waals surface area contributed by atoms with E-state index in [2.05, 4.69) is 10.0 Å². The maximum Gasteiger partial charge on any atom is 0.273 e. The molecule has 0 saturated carbocycles. The van der Waals surface area contributed by atoms with Gasteiger partial charge in [-0.1, -0.05) is 0 Å². The minimum absolute atomic E-state index is 0. The molecule has 0 radical (unpaired) electrons. The largest absolute Gasteiger partial charge is 0.495 e. The molecule has 0 aliphatic carbocycles. The summed E-state index contributed by atoms with van der Waals surface area (Å²) >= 11 is 0. The summed E-state index contributed by atoms with van der Waals surface area (Å²) in [6.07, 6.45) is 0.917. The molecule has 1 aliphatic rings. The maximum absolute atomic E-state index is 12.3. The van der Waals surface area contributed by atoms with E-state index in [0.717, 1.165) is 31.6 Å². The number of hydrogen-bond donors (Lipinski definition) is 2. The molecule has 8 nitrogen and oxygen atoms in total. The molecule has 0 amide bonds. The van der Waals surface area contributed by atoms with Crippen molar-refractivity contribution in [3.05, 3.63) is 28.3 Å². The Kier molecular flexibility index (Phi) is 6.54. The van der Waals surface area contributed by atoms with Crippen molar-refractivity contribution in [3.8, 4) is 5.75 Å². The van der Waals surface area contributed by atoms with Crippen molar-refractivity contribution in [1.82, 2.24) is 10.0 Å².